The van der Waals surface area contributed by atoms with Gasteiger partial charge < -0.3 is 0 Å². The fourth-order valence-electron chi connectivity index (χ4n) is 2.07. The van der Waals surface area contributed by atoms with E-state index in [9.17, 15) is 21.6 Å². The van der Waals surface area contributed by atoms with Gasteiger partial charge in [-0.3, -0.25) is 4.98 Å². The smallest absolute Gasteiger partial charge is 0.262 e. The number of sulfonamides is 1. The molecule has 2 rings (SSSR count). The first-order chi connectivity index (χ1) is 11.1. The van der Waals surface area contributed by atoms with E-state index in [0.717, 1.165) is 18.5 Å². The molecule has 2 aromatic rings. The Morgan fingerprint density at radius 2 is 1.92 bits per heavy atom. The normalized spacial score (nSPS) is 13.3. The molecule has 0 aliphatic rings. The molecule has 0 bridgehead atoms. The SMILES string of the molecule is Cc1ccccc1C(NS(=O)(=O)c1cncc(C#N)c1)C(F)(F)F. The van der Waals surface area contributed by atoms with E-state index in [1.807, 2.05) is 0 Å². The van der Waals surface area contributed by atoms with Crippen molar-refractivity contribution in [1.29, 1.82) is 5.26 Å². The number of nitrogens with one attached hydrogen (secondary N) is 1. The van der Waals surface area contributed by atoms with Gasteiger partial charge in [0.05, 0.1) is 5.56 Å². The molecule has 0 radical (unpaired) electrons. The van der Waals surface area contributed by atoms with Gasteiger partial charge in [0.25, 0.3) is 0 Å². The summed E-state index contributed by atoms with van der Waals surface area (Å²) in [5.41, 5.74) is 0.0294. The predicted octanol–water partition coefficient (Wildman–Crippen LogP) is 2.84. The maximum Gasteiger partial charge on any atom is 0.408 e. The molecule has 126 valence electrons. The summed E-state index contributed by atoms with van der Waals surface area (Å²) in [7, 11) is -4.52. The number of aromatic nitrogens is 1. The zero-order valence-corrected chi connectivity index (χ0v) is 13.2. The molecule has 0 saturated heterocycles. The van der Waals surface area contributed by atoms with Crippen LogP contribution < -0.4 is 4.72 Å². The zero-order chi connectivity index (χ0) is 18.0. The molecular weight excluding hydrogens is 343 g/mol. The second-order valence-electron chi connectivity index (χ2n) is 4.97. The van der Waals surface area contributed by atoms with E-state index < -0.39 is 27.1 Å². The number of rotatable bonds is 4. The van der Waals surface area contributed by atoms with E-state index in [1.165, 1.54) is 25.1 Å². The molecule has 1 heterocycles. The Morgan fingerprint density at radius 1 is 1.25 bits per heavy atom. The number of aryl methyl sites for hydroxylation is 1. The summed E-state index contributed by atoms with van der Waals surface area (Å²) in [6.45, 7) is 1.46. The molecule has 0 saturated carbocycles. The number of hydrogen-bond acceptors (Lipinski definition) is 4. The van der Waals surface area contributed by atoms with Crippen molar-refractivity contribution in [3.05, 3.63) is 59.4 Å². The molecular formula is C15H12F3N3O2S. The number of nitriles is 1. The molecule has 1 aromatic heterocycles. The lowest BCUT2D eigenvalue weighted by molar-refractivity contribution is -0.153. The third-order valence-corrected chi connectivity index (χ3v) is 4.64. The topological polar surface area (TPSA) is 82.8 Å². The Morgan fingerprint density at radius 3 is 2.50 bits per heavy atom. The highest BCUT2D eigenvalue weighted by molar-refractivity contribution is 7.89. The van der Waals surface area contributed by atoms with Crippen LogP contribution >= 0.6 is 0 Å². The van der Waals surface area contributed by atoms with Gasteiger partial charge in [-0.05, 0) is 24.1 Å². The van der Waals surface area contributed by atoms with Crippen molar-refractivity contribution >= 4 is 10.0 Å². The van der Waals surface area contributed by atoms with Gasteiger partial charge >= 0.3 is 6.18 Å². The maximum absolute atomic E-state index is 13.4. The monoisotopic (exact) mass is 355 g/mol. The number of halogens is 3. The lowest BCUT2D eigenvalue weighted by atomic mass is 10.0. The van der Waals surface area contributed by atoms with E-state index in [-0.39, 0.29) is 11.1 Å². The third kappa shape index (κ3) is 3.90. The van der Waals surface area contributed by atoms with Gasteiger partial charge in [0.2, 0.25) is 10.0 Å². The summed E-state index contributed by atoms with van der Waals surface area (Å²) in [6, 6.07) is 5.86. The van der Waals surface area contributed by atoms with Crippen molar-refractivity contribution in [2.24, 2.45) is 0 Å². The quantitative estimate of drug-likeness (QED) is 0.914. The molecule has 1 N–H and O–H groups in total. The van der Waals surface area contributed by atoms with Crippen LogP contribution in [-0.2, 0) is 10.0 Å². The molecule has 24 heavy (non-hydrogen) atoms. The minimum absolute atomic E-state index is 0.0719. The van der Waals surface area contributed by atoms with Gasteiger partial charge in [0.15, 0.2) is 0 Å². The minimum Gasteiger partial charge on any atom is -0.262 e. The average Bonchev–Trinajstić information content (AvgIpc) is 2.52. The van der Waals surface area contributed by atoms with E-state index in [0.29, 0.717) is 5.56 Å². The Hall–Kier alpha value is -2.44. The van der Waals surface area contributed by atoms with E-state index in [2.05, 4.69) is 4.98 Å². The van der Waals surface area contributed by atoms with E-state index >= 15 is 0 Å². The number of benzene rings is 1. The first-order valence-electron chi connectivity index (χ1n) is 6.65. The fourth-order valence-corrected chi connectivity index (χ4v) is 3.26. The highest BCUT2D eigenvalue weighted by atomic mass is 32.2. The van der Waals surface area contributed by atoms with Crippen molar-refractivity contribution < 1.29 is 21.6 Å². The Labute approximate surface area is 136 Å². The summed E-state index contributed by atoms with van der Waals surface area (Å²) in [5.74, 6) is 0. The van der Waals surface area contributed by atoms with Gasteiger partial charge in [-0.1, -0.05) is 24.3 Å². The van der Waals surface area contributed by atoms with E-state index in [1.54, 1.807) is 16.9 Å². The lowest BCUT2D eigenvalue weighted by Gasteiger charge is -2.23. The second-order valence-corrected chi connectivity index (χ2v) is 6.69. The Kier molecular flexibility index (Phi) is 4.91. The summed E-state index contributed by atoms with van der Waals surface area (Å²) in [5, 5.41) is 8.77. The average molecular weight is 355 g/mol. The van der Waals surface area contributed by atoms with Gasteiger partial charge in [-0.2, -0.15) is 23.2 Å². The van der Waals surface area contributed by atoms with Crippen LogP contribution in [0.25, 0.3) is 0 Å². The van der Waals surface area contributed by atoms with Gasteiger partial charge in [0.1, 0.15) is 17.0 Å². The van der Waals surface area contributed by atoms with Crippen LogP contribution in [0, 0.1) is 18.3 Å². The fraction of sp³-hybridized carbons (Fsp3) is 0.200. The highest BCUT2D eigenvalue weighted by Crippen LogP contribution is 2.35. The van der Waals surface area contributed by atoms with Crippen LogP contribution in [0.5, 0.6) is 0 Å². The van der Waals surface area contributed by atoms with Gasteiger partial charge in [-0.15, -0.1) is 0 Å². The minimum atomic E-state index is -4.83. The van der Waals surface area contributed by atoms with Crippen LogP contribution in [0.4, 0.5) is 13.2 Å². The van der Waals surface area contributed by atoms with E-state index in [4.69, 9.17) is 5.26 Å². The molecule has 1 unspecified atom stereocenters. The molecule has 0 amide bonds. The molecule has 1 aromatic carbocycles. The summed E-state index contributed by atoms with van der Waals surface area (Å²) < 4.78 is 66.4. The maximum atomic E-state index is 13.4. The highest BCUT2D eigenvalue weighted by Gasteiger charge is 2.44. The molecule has 0 spiro atoms. The van der Waals surface area contributed by atoms with Gasteiger partial charge in [0, 0.05) is 12.4 Å². The summed E-state index contributed by atoms with van der Waals surface area (Å²) >= 11 is 0. The van der Waals surface area contributed by atoms with Crippen LogP contribution in [0.1, 0.15) is 22.7 Å². The van der Waals surface area contributed by atoms with Crippen LogP contribution in [0.3, 0.4) is 0 Å². The van der Waals surface area contributed by atoms with Crippen molar-refractivity contribution in [3.63, 3.8) is 0 Å². The van der Waals surface area contributed by atoms with Crippen molar-refractivity contribution in [2.75, 3.05) is 0 Å². The Bertz CT molecular complexity index is 889. The standard InChI is InChI=1S/C15H12F3N3O2S/c1-10-4-2-3-5-13(10)14(15(16,17)18)21-24(22,23)12-6-11(7-19)8-20-9-12/h2-6,8-9,14,21H,1H3. The van der Waals surface area contributed by atoms with Crippen LogP contribution in [0.2, 0.25) is 0 Å². The first-order valence-corrected chi connectivity index (χ1v) is 8.13. The van der Waals surface area contributed by atoms with Crippen LogP contribution in [0.15, 0.2) is 47.6 Å². The number of pyridine rings is 1. The van der Waals surface area contributed by atoms with Crippen molar-refractivity contribution in [3.8, 4) is 6.07 Å². The zero-order valence-electron chi connectivity index (χ0n) is 12.4. The molecule has 9 heteroatoms. The van der Waals surface area contributed by atoms with Crippen molar-refractivity contribution in [1.82, 2.24) is 9.71 Å². The molecule has 5 nitrogen and oxygen atoms in total. The molecule has 1 atom stereocenters. The van der Waals surface area contributed by atoms with Crippen LogP contribution in [-0.4, -0.2) is 19.6 Å². The summed E-state index contributed by atoms with van der Waals surface area (Å²) in [6.07, 6.45) is -2.84. The largest absolute Gasteiger partial charge is 0.408 e. The number of alkyl halides is 3. The first kappa shape index (κ1) is 17.9. The van der Waals surface area contributed by atoms with Gasteiger partial charge in [-0.25, -0.2) is 8.42 Å². The molecule has 0 aliphatic carbocycles. The third-order valence-electron chi connectivity index (χ3n) is 3.25. The molecule has 0 fully saturated rings. The summed E-state index contributed by atoms with van der Waals surface area (Å²) in [4.78, 5) is 3.05. The van der Waals surface area contributed by atoms with Crippen molar-refractivity contribution in [2.45, 2.75) is 24.0 Å². The number of hydrogen-bond donors (Lipinski definition) is 1. The number of nitrogens with zero attached hydrogens (tertiary/aromatic N) is 2. The second kappa shape index (κ2) is 6.59. The lowest BCUT2D eigenvalue weighted by Crippen LogP contribution is -2.38. The predicted molar refractivity (Wildman–Crippen MR) is 79.2 cm³/mol. The molecule has 0 aliphatic heterocycles. The Balaban J connectivity index is 2.47.